The van der Waals surface area contributed by atoms with Crippen molar-refractivity contribution in [3.05, 3.63) is 45.9 Å². The third-order valence-electron chi connectivity index (χ3n) is 2.00. The van der Waals surface area contributed by atoms with E-state index >= 15 is 0 Å². The van der Waals surface area contributed by atoms with Crippen LogP contribution in [0.2, 0.25) is 5.02 Å². The smallest absolute Gasteiger partial charge is 0.185 e. The van der Waals surface area contributed by atoms with Gasteiger partial charge in [-0.15, -0.1) is 0 Å². The van der Waals surface area contributed by atoms with E-state index in [-0.39, 0.29) is 12.3 Å². The fourth-order valence-corrected chi connectivity index (χ4v) is 2.17. The second-order valence-corrected chi connectivity index (χ2v) is 4.43. The lowest BCUT2D eigenvalue weighted by Crippen LogP contribution is -2.11. The topological polar surface area (TPSA) is 47.8 Å². The number of hydrogen-bond donors (Lipinski definition) is 0. The van der Waals surface area contributed by atoms with Crippen LogP contribution >= 0.6 is 27.5 Å². The molecule has 1 heterocycles. The van der Waals surface area contributed by atoms with Gasteiger partial charge >= 0.3 is 0 Å². The van der Waals surface area contributed by atoms with E-state index in [1.165, 1.54) is 17.3 Å². The van der Waals surface area contributed by atoms with Crippen LogP contribution in [-0.4, -0.2) is 20.5 Å². The van der Waals surface area contributed by atoms with Crippen LogP contribution < -0.4 is 0 Å². The van der Waals surface area contributed by atoms with Crippen molar-refractivity contribution in [3.63, 3.8) is 0 Å². The highest BCUT2D eigenvalue weighted by atomic mass is 79.9. The number of nitrogens with zero attached hydrogens (tertiary/aromatic N) is 3. The molecule has 0 unspecified atom stereocenters. The molecule has 1 aromatic carbocycles. The summed E-state index contributed by atoms with van der Waals surface area (Å²) in [5.74, 6) is -0.0472. The van der Waals surface area contributed by atoms with Crippen molar-refractivity contribution in [1.29, 1.82) is 0 Å². The highest BCUT2D eigenvalue weighted by Gasteiger charge is 2.11. The summed E-state index contributed by atoms with van der Waals surface area (Å²) in [6.45, 7) is 0.167. The van der Waals surface area contributed by atoms with Gasteiger partial charge in [0.05, 0.1) is 0 Å². The Balaban J connectivity index is 2.21. The zero-order valence-corrected chi connectivity index (χ0v) is 10.4. The number of benzene rings is 1. The van der Waals surface area contributed by atoms with E-state index in [0.717, 1.165) is 0 Å². The molecular formula is C10H7BrClN3O. The predicted molar refractivity (Wildman–Crippen MR) is 63.5 cm³/mol. The highest BCUT2D eigenvalue weighted by molar-refractivity contribution is 9.10. The highest BCUT2D eigenvalue weighted by Crippen LogP contribution is 2.22. The van der Waals surface area contributed by atoms with Crippen molar-refractivity contribution in [1.82, 2.24) is 14.8 Å². The standard InChI is InChI=1S/C10H7BrClN3O/c11-9-3-7(12)1-2-8(9)10(16)4-15-6-13-5-14-15/h1-3,5-6H,4H2. The summed E-state index contributed by atoms with van der Waals surface area (Å²) in [6, 6.07) is 5.06. The van der Waals surface area contributed by atoms with Crippen LogP contribution in [0.3, 0.4) is 0 Å². The van der Waals surface area contributed by atoms with E-state index in [9.17, 15) is 4.79 Å². The molecule has 0 radical (unpaired) electrons. The number of carbonyl (C=O) groups excluding carboxylic acids is 1. The Hall–Kier alpha value is -1.20. The number of rotatable bonds is 3. The molecule has 0 aliphatic heterocycles. The summed E-state index contributed by atoms with van der Waals surface area (Å²) in [5, 5.41) is 4.46. The van der Waals surface area contributed by atoms with Crippen LogP contribution in [0.1, 0.15) is 10.4 Å². The number of carbonyl (C=O) groups is 1. The molecule has 6 heteroatoms. The van der Waals surface area contributed by atoms with E-state index in [2.05, 4.69) is 26.0 Å². The fraction of sp³-hybridized carbons (Fsp3) is 0.100. The summed E-state index contributed by atoms with van der Waals surface area (Å²) in [7, 11) is 0. The monoisotopic (exact) mass is 299 g/mol. The van der Waals surface area contributed by atoms with Gasteiger partial charge in [-0.25, -0.2) is 9.67 Å². The largest absolute Gasteiger partial charge is 0.292 e. The molecule has 0 fully saturated rings. The van der Waals surface area contributed by atoms with Crippen molar-refractivity contribution in [3.8, 4) is 0 Å². The van der Waals surface area contributed by atoms with Gasteiger partial charge in [-0.2, -0.15) is 5.10 Å². The molecule has 0 saturated carbocycles. The molecule has 2 aromatic rings. The Morgan fingerprint density at radius 2 is 2.31 bits per heavy atom. The number of hydrogen-bond acceptors (Lipinski definition) is 3. The van der Waals surface area contributed by atoms with Crippen LogP contribution in [-0.2, 0) is 6.54 Å². The molecule has 82 valence electrons. The number of ketones is 1. The second kappa shape index (κ2) is 4.76. The first-order valence-corrected chi connectivity index (χ1v) is 5.64. The van der Waals surface area contributed by atoms with E-state index in [1.807, 2.05) is 0 Å². The van der Waals surface area contributed by atoms with Crippen molar-refractivity contribution in [2.45, 2.75) is 6.54 Å². The van der Waals surface area contributed by atoms with Crippen LogP contribution in [0.5, 0.6) is 0 Å². The molecule has 0 N–H and O–H groups in total. The summed E-state index contributed by atoms with van der Waals surface area (Å²) >= 11 is 9.10. The number of Topliss-reactive ketones (excluding diaryl/α,β-unsaturated/α-hetero) is 1. The molecular weight excluding hydrogens is 293 g/mol. The summed E-state index contributed by atoms with van der Waals surface area (Å²) in [4.78, 5) is 15.7. The molecule has 0 aliphatic rings. The maximum Gasteiger partial charge on any atom is 0.185 e. The molecule has 0 atom stereocenters. The normalized spacial score (nSPS) is 10.4. The molecule has 0 saturated heterocycles. The summed E-state index contributed by atoms with van der Waals surface area (Å²) < 4.78 is 2.16. The molecule has 4 nitrogen and oxygen atoms in total. The van der Waals surface area contributed by atoms with Gasteiger partial charge in [0, 0.05) is 15.1 Å². The van der Waals surface area contributed by atoms with E-state index in [1.54, 1.807) is 18.2 Å². The molecule has 16 heavy (non-hydrogen) atoms. The zero-order valence-electron chi connectivity index (χ0n) is 8.10. The van der Waals surface area contributed by atoms with Crippen LogP contribution in [0.15, 0.2) is 35.3 Å². The van der Waals surface area contributed by atoms with Crippen LogP contribution in [0.4, 0.5) is 0 Å². The zero-order chi connectivity index (χ0) is 11.5. The quantitative estimate of drug-likeness (QED) is 0.819. The van der Waals surface area contributed by atoms with Gasteiger partial charge in [0.1, 0.15) is 19.2 Å². The predicted octanol–water partition coefficient (Wildman–Crippen LogP) is 2.58. The van der Waals surface area contributed by atoms with E-state index in [0.29, 0.717) is 15.1 Å². The fourth-order valence-electron chi connectivity index (χ4n) is 1.26. The Morgan fingerprint density at radius 1 is 1.50 bits per heavy atom. The number of aromatic nitrogens is 3. The summed E-state index contributed by atoms with van der Waals surface area (Å²) in [5.41, 5.74) is 0.583. The maximum absolute atomic E-state index is 11.9. The van der Waals surface area contributed by atoms with Gasteiger partial charge in [0.2, 0.25) is 0 Å². The Labute approximate surface area is 105 Å². The lowest BCUT2D eigenvalue weighted by atomic mass is 10.1. The molecule has 2 rings (SSSR count). The molecule has 0 spiro atoms. The first-order valence-electron chi connectivity index (χ1n) is 4.47. The molecule has 1 aromatic heterocycles. The van der Waals surface area contributed by atoms with Crippen molar-refractivity contribution >= 4 is 33.3 Å². The SMILES string of the molecule is O=C(Cn1cncn1)c1ccc(Cl)cc1Br. The van der Waals surface area contributed by atoms with Crippen molar-refractivity contribution in [2.24, 2.45) is 0 Å². The number of halogens is 2. The average molecular weight is 301 g/mol. The van der Waals surface area contributed by atoms with E-state index in [4.69, 9.17) is 11.6 Å². The first-order chi connectivity index (χ1) is 7.66. The van der Waals surface area contributed by atoms with Gasteiger partial charge in [0.25, 0.3) is 0 Å². The molecule has 0 bridgehead atoms. The first kappa shape index (κ1) is 11.3. The Bertz CT molecular complexity index is 513. The second-order valence-electron chi connectivity index (χ2n) is 3.14. The van der Waals surface area contributed by atoms with Gasteiger partial charge in [0.15, 0.2) is 5.78 Å². The minimum Gasteiger partial charge on any atom is -0.292 e. The summed E-state index contributed by atoms with van der Waals surface area (Å²) in [6.07, 6.45) is 2.89. The van der Waals surface area contributed by atoms with Gasteiger partial charge in [-0.3, -0.25) is 4.79 Å². The van der Waals surface area contributed by atoms with Gasteiger partial charge in [-0.05, 0) is 34.1 Å². The Morgan fingerprint density at radius 3 is 2.94 bits per heavy atom. The third-order valence-corrected chi connectivity index (χ3v) is 2.89. The maximum atomic E-state index is 11.9. The van der Waals surface area contributed by atoms with Gasteiger partial charge in [-0.1, -0.05) is 11.6 Å². The average Bonchev–Trinajstić information content (AvgIpc) is 2.70. The van der Waals surface area contributed by atoms with Crippen molar-refractivity contribution < 1.29 is 4.79 Å². The Kier molecular flexibility index (Phi) is 3.36. The lowest BCUT2D eigenvalue weighted by Gasteiger charge is -2.03. The van der Waals surface area contributed by atoms with Crippen molar-refractivity contribution in [2.75, 3.05) is 0 Å². The van der Waals surface area contributed by atoms with Crippen LogP contribution in [0.25, 0.3) is 0 Å². The molecule has 0 aliphatic carbocycles. The minimum atomic E-state index is -0.0472. The lowest BCUT2D eigenvalue weighted by molar-refractivity contribution is 0.0967. The van der Waals surface area contributed by atoms with E-state index < -0.39 is 0 Å². The molecule has 0 amide bonds. The van der Waals surface area contributed by atoms with Crippen LogP contribution in [0, 0.1) is 0 Å². The third kappa shape index (κ3) is 2.48. The minimum absolute atomic E-state index is 0.0472. The van der Waals surface area contributed by atoms with Gasteiger partial charge < -0.3 is 0 Å².